The van der Waals surface area contributed by atoms with Gasteiger partial charge in [0, 0.05) is 5.56 Å². The zero-order valence-electron chi connectivity index (χ0n) is 11.4. The van der Waals surface area contributed by atoms with E-state index in [1.165, 1.54) is 0 Å². The molecule has 0 amide bonds. The van der Waals surface area contributed by atoms with Crippen LogP contribution >= 0.6 is 15.9 Å². The molecule has 5 heteroatoms. The van der Waals surface area contributed by atoms with E-state index >= 15 is 0 Å². The van der Waals surface area contributed by atoms with E-state index in [0.29, 0.717) is 24.5 Å². The van der Waals surface area contributed by atoms with Gasteiger partial charge in [-0.3, -0.25) is 4.79 Å². The van der Waals surface area contributed by atoms with E-state index in [1.54, 1.807) is 25.3 Å². The van der Waals surface area contributed by atoms with Gasteiger partial charge in [0.2, 0.25) is 0 Å². The maximum absolute atomic E-state index is 11.9. The predicted octanol–water partition coefficient (Wildman–Crippen LogP) is 3.08. The predicted molar refractivity (Wildman–Crippen MR) is 76.9 cm³/mol. The van der Waals surface area contributed by atoms with Crippen molar-refractivity contribution in [2.24, 2.45) is 0 Å². The number of benzene rings is 1. The number of ether oxygens (including phenoxy) is 3. The van der Waals surface area contributed by atoms with Crippen molar-refractivity contribution >= 4 is 21.7 Å². The lowest BCUT2D eigenvalue weighted by molar-refractivity contribution is 0.0208. The van der Waals surface area contributed by atoms with Crippen LogP contribution in [0.5, 0.6) is 5.75 Å². The van der Waals surface area contributed by atoms with Crippen molar-refractivity contribution in [3.05, 3.63) is 28.2 Å². The zero-order valence-corrected chi connectivity index (χ0v) is 13.0. The Labute approximate surface area is 122 Å². The average Bonchev–Trinajstić information content (AvgIpc) is 2.37. The normalized spacial score (nSPS) is 10.8. The smallest absolute Gasteiger partial charge is 0.188 e. The molecule has 1 aromatic rings. The highest BCUT2D eigenvalue weighted by atomic mass is 79.9. The summed E-state index contributed by atoms with van der Waals surface area (Å²) in [6, 6.07) is 5.20. The molecule has 0 N–H and O–H groups in total. The molecule has 0 fully saturated rings. The number of carbonyl (C=O) groups is 1. The van der Waals surface area contributed by atoms with Crippen LogP contribution < -0.4 is 4.74 Å². The van der Waals surface area contributed by atoms with E-state index in [4.69, 9.17) is 14.2 Å². The van der Waals surface area contributed by atoms with E-state index in [2.05, 4.69) is 15.9 Å². The SMILES string of the molecule is COc1ccc(C(=O)COCCOC(C)C)cc1Br. The zero-order chi connectivity index (χ0) is 14.3. The maximum atomic E-state index is 11.9. The summed E-state index contributed by atoms with van der Waals surface area (Å²) in [5.74, 6) is 0.635. The monoisotopic (exact) mass is 330 g/mol. The molecular formula is C14H19BrO4. The molecule has 0 aliphatic carbocycles. The molecule has 0 heterocycles. The topological polar surface area (TPSA) is 44.8 Å². The molecule has 0 aliphatic rings. The lowest BCUT2D eigenvalue weighted by atomic mass is 10.1. The van der Waals surface area contributed by atoms with E-state index < -0.39 is 0 Å². The van der Waals surface area contributed by atoms with Crippen molar-refractivity contribution in [3.8, 4) is 5.75 Å². The second kappa shape index (κ2) is 8.30. The summed E-state index contributed by atoms with van der Waals surface area (Å²) in [6.45, 7) is 4.89. The van der Waals surface area contributed by atoms with Gasteiger partial charge in [-0.25, -0.2) is 0 Å². The highest BCUT2D eigenvalue weighted by Gasteiger charge is 2.09. The minimum Gasteiger partial charge on any atom is -0.496 e. The fourth-order valence-corrected chi connectivity index (χ4v) is 1.97. The number of methoxy groups -OCH3 is 1. The third kappa shape index (κ3) is 5.72. The summed E-state index contributed by atoms with van der Waals surface area (Å²) in [5.41, 5.74) is 0.595. The first-order valence-electron chi connectivity index (χ1n) is 6.10. The molecule has 0 spiro atoms. The van der Waals surface area contributed by atoms with Crippen LogP contribution in [0.15, 0.2) is 22.7 Å². The van der Waals surface area contributed by atoms with Crippen LogP contribution in [-0.4, -0.2) is 38.8 Å². The molecule has 0 aliphatic heterocycles. The minimum atomic E-state index is -0.0621. The first kappa shape index (κ1) is 16.1. The number of rotatable bonds is 8. The Balaban J connectivity index is 2.39. The van der Waals surface area contributed by atoms with Crippen LogP contribution in [0, 0.1) is 0 Å². The van der Waals surface area contributed by atoms with E-state index in [-0.39, 0.29) is 18.5 Å². The summed E-state index contributed by atoms with van der Waals surface area (Å²) in [4.78, 5) is 11.9. The van der Waals surface area contributed by atoms with E-state index in [0.717, 1.165) is 4.47 Å². The van der Waals surface area contributed by atoms with Crippen LogP contribution in [0.1, 0.15) is 24.2 Å². The van der Waals surface area contributed by atoms with Gasteiger partial charge in [-0.2, -0.15) is 0 Å². The molecule has 0 bridgehead atoms. The summed E-state index contributed by atoms with van der Waals surface area (Å²) in [6.07, 6.45) is 0.178. The lowest BCUT2D eigenvalue weighted by Gasteiger charge is -2.08. The molecule has 1 rings (SSSR count). The summed E-state index contributed by atoms with van der Waals surface area (Å²) in [5, 5.41) is 0. The Morgan fingerprint density at radius 2 is 2.05 bits per heavy atom. The van der Waals surface area contributed by atoms with Crippen LogP contribution in [0.3, 0.4) is 0 Å². The Kier molecular flexibility index (Phi) is 7.05. The standard InChI is InChI=1S/C14H19BrO4/c1-10(2)19-7-6-18-9-13(16)11-4-5-14(17-3)12(15)8-11/h4-5,8,10H,6-7,9H2,1-3H3. The van der Waals surface area contributed by atoms with Gasteiger partial charge in [0.25, 0.3) is 0 Å². The number of hydrogen-bond donors (Lipinski definition) is 0. The van der Waals surface area contributed by atoms with Crippen LogP contribution in [0.25, 0.3) is 0 Å². The third-order valence-corrected chi connectivity index (χ3v) is 3.01. The highest BCUT2D eigenvalue weighted by molar-refractivity contribution is 9.10. The number of ketones is 1. The van der Waals surface area contributed by atoms with Crippen LogP contribution in [0.2, 0.25) is 0 Å². The van der Waals surface area contributed by atoms with Gasteiger partial charge < -0.3 is 14.2 Å². The fourth-order valence-electron chi connectivity index (χ4n) is 1.43. The van der Waals surface area contributed by atoms with Gasteiger partial charge in [-0.1, -0.05) is 0 Å². The molecule has 0 saturated heterocycles. The molecule has 0 saturated carbocycles. The number of carbonyl (C=O) groups excluding carboxylic acids is 1. The molecule has 0 aromatic heterocycles. The van der Waals surface area contributed by atoms with Crippen molar-refractivity contribution in [1.82, 2.24) is 0 Å². The van der Waals surface area contributed by atoms with Crippen LogP contribution in [-0.2, 0) is 9.47 Å². The Hall–Kier alpha value is -0.910. The van der Waals surface area contributed by atoms with E-state index in [1.807, 2.05) is 13.8 Å². The molecule has 106 valence electrons. The maximum Gasteiger partial charge on any atom is 0.188 e. The first-order valence-corrected chi connectivity index (χ1v) is 6.90. The van der Waals surface area contributed by atoms with Crippen molar-refractivity contribution in [2.75, 3.05) is 26.9 Å². The lowest BCUT2D eigenvalue weighted by Crippen LogP contribution is -2.14. The van der Waals surface area contributed by atoms with Gasteiger partial charge in [0.05, 0.1) is 30.9 Å². The van der Waals surface area contributed by atoms with Crippen molar-refractivity contribution in [1.29, 1.82) is 0 Å². The Morgan fingerprint density at radius 1 is 1.32 bits per heavy atom. The summed E-state index contributed by atoms with van der Waals surface area (Å²) >= 11 is 3.35. The van der Waals surface area contributed by atoms with Gasteiger partial charge >= 0.3 is 0 Å². The molecule has 4 nitrogen and oxygen atoms in total. The Bertz CT molecular complexity index is 418. The van der Waals surface area contributed by atoms with Gasteiger partial charge in [-0.05, 0) is 48.0 Å². The quantitative estimate of drug-likeness (QED) is 0.542. The number of Topliss-reactive ketones (excluding diaryl/α,β-unsaturated/α-hetero) is 1. The van der Waals surface area contributed by atoms with Crippen LogP contribution in [0.4, 0.5) is 0 Å². The van der Waals surface area contributed by atoms with Crippen molar-refractivity contribution in [2.45, 2.75) is 20.0 Å². The molecule has 1 aromatic carbocycles. The number of hydrogen-bond acceptors (Lipinski definition) is 4. The second-order valence-electron chi connectivity index (χ2n) is 4.24. The van der Waals surface area contributed by atoms with Crippen molar-refractivity contribution < 1.29 is 19.0 Å². The first-order chi connectivity index (χ1) is 9.04. The fraction of sp³-hybridized carbons (Fsp3) is 0.500. The van der Waals surface area contributed by atoms with Gasteiger partial charge in [0.15, 0.2) is 5.78 Å². The third-order valence-electron chi connectivity index (χ3n) is 2.39. The molecule has 19 heavy (non-hydrogen) atoms. The second-order valence-corrected chi connectivity index (χ2v) is 5.10. The molecule has 0 atom stereocenters. The largest absolute Gasteiger partial charge is 0.496 e. The van der Waals surface area contributed by atoms with Crippen molar-refractivity contribution in [3.63, 3.8) is 0 Å². The summed E-state index contributed by atoms with van der Waals surface area (Å²) in [7, 11) is 1.58. The molecular weight excluding hydrogens is 312 g/mol. The van der Waals surface area contributed by atoms with Gasteiger partial charge in [0.1, 0.15) is 12.4 Å². The number of halogens is 1. The average molecular weight is 331 g/mol. The Morgan fingerprint density at radius 3 is 2.63 bits per heavy atom. The highest BCUT2D eigenvalue weighted by Crippen LogP contribution is 2.25. The molecule has 0 unspecified atom stereocenters. The van der Waals surface area contributed by atoms with Gasteiger partial charge in [-0.15, -0.1) is 0 Å². The van der Waals surface area contributed by atoms with E-state index in [9.17, 15) is 4.79 Å². The summed E-state index contributed by atoms with van der Waals surface area (Å²) < 4.78 is 16.5. The minimum absolute atomic E-state index is 0.0558. The molecule has 0 radical (unpaired) electrons.